The van der Waals surface area contributed by atoms with Crippen LogP contribution in [0.15, 0.2) is 82.2 Å². The first-order valence-electron chi connectivity index (χ1n) is 12.3. The highest BCUT2D eigenvalue weighted by atomic mass is 32.1. The summed E-state index contributed by atoms with van der Waals surface area (Å²) in [5, 5.41) is 3.87. The number of hydrogen-bond donors (Lipinski definition) is 1. The summed E-state index contributed by atoms with van der Waals surface area (Å²) in [6.07, 6.45) is 1.54. The fraction of sp³-hybridized carbons (Fsp3) is 0.207. The molecule has 1 N–H and O–H groups in total. The summed E-state index contributed by atoms with van der Waals surface area (Å²) in [5.41, 5.74) is 0.731. The molecule has 2 aromatic carbocycles. The van der Waals surface area contributed by atoms with E-state index in [0.717, 1.165) is 5.39 Å². The van der Waals surface area contributed by atoms with Crippen molar-refractivity contribution in [3.05, 3.63) is 99.5 Å². The second-order valence-corrected chi connectivity index (χ2v) is 9.49. The Kier molecular flexibility index (Phi) is 7.67. The standard InChI is InChI=1S/C29H26N2O6S/c1-2-35-15-16-37-25-24-26(38-27(25)28(33)30-17-20-11-8-14-36-20)21-12-6-7-13-22(21)31(29(24)34)18-23(32)19-9-4-3-5-10-19/h3-14H,2,15-18H2,1H3,(H,30,33). The number of aromatic nitrogens is 1. The maximum atomic E-state index is 14.0. The lowest BCUT2D eigenvalue weighted by Gasteiger charge is -2.12. The Balaban J connectivity index is 1.63. The topological polar surface area (TPSA) is 99.8 Å². The van der Waals surface area contributed by atoms with Crippen molar-refractivity contribution in [2.24, 2.45) is 0 Å². The molecular weight excluding hydrogens is 504 g/mol. The lowest BCUT2D eigenvalue weighted by Crippen LogP contribution is -2.25. The van der Waals surface area contributed by atoms with E-state index in [1.54, 1.807) is 42.5 Å². The third kappa shape index (κ3) is 5.11. The van der Waals surface area contributed by atoms with Crippen molar-refractivity contribution < 1.29 is 23.5 Å². The second-order valence-electron chi connectivity index (χ2n) is 8.47. The number of Topliss-reactive ketones (excluding diaryl/α,β-unsaturated/α-hetero) is 1. The molecule has 0 aliphatic rings. The molecule has 0 spiro atoms. The van der Waals surface area contributed by atoms with Crippen molar-refractivity contribution in [1.82, 2.24) is 9.88 Å². The fourth-order valence-electron chi connectivity index (χ4n) is 4.26. The zero-order chi connectivity index (χ0) is 26.5. The van der Waals surface area contributed by atoms with E-state index in [4.69, 9.17) is 13.9 Å². The molecule has 194 valence electrons. The van der Waals surface area contributed by atoms with Crippen LogP contribution in [0.3, 0.4) is 0 Å². The fourth-order valence-corrected chi connectivity index (χ4v) is 5.44. The molecule has 0 saturated carbocycles. The number of hydrogen-bond acceptors (Lipinski definition) is 7. The number of rotatable bonds is 11. The third-order valence-corrected chi connectivity index (χ3v) is 7.25. The minimum Gasteiger partial charge on any atom is -0.489 e. The summed E-state index contributed by atoms with van der Waals surface area (Å²) < 4.78 is 18.8. The minimum absolute atomic E-state index is 0.145. The first-order valence-corrected chi connectivity index (χ1v) is 13.1. The summed E-state index contributed by atoms with van der Waals surface area (Å²) in [6, 6.07) is 19.7. The Bertz CT molecular complexity index is 1640. The van der Waals surface area contributed by atoms with Crippen LogP contribution in [0, 0.1) is 0 Å². The summed E-state index contributed by atoms with van der Waals surface area (Å²) >= 11 is 1.19. The summed E-state index contributed by atoms with van der Waals surface area (Å²) in [4.78, 5) is 40.6. The predicted octanol–water partition coefficient (Wildman–Crippen LogP) is 5.04. The molecule has 0 unspecified atom stereocenters. The van der Waals surface area contributed by atoms with Gasteiger partial charge >= 0.3 is 0 Å². The van der Waals surface area contributed by atoms with E-state index >= 15 is 0 Å². The van der Waals surface area contributed by atoms with Gasteiger partial charge in [0, 0.05) is 17.6 Å². The van der Waals surface area contributed by atoms with Crippen molar-refractivity contribution >= 4 is 44.0 Å². The van der Waals surface area contributed by atoms with Crippen LogP contribution in [0.4, 0.5) is 0 Å². The number of fused-ring (bicyclic) bond motifs is 3. The van der Waals surface area contributed by atoms with Gasteiger partial charge in [0.25, 0.3) is 11.5 Å². The molecule has 0 aliphatic heterocycles. The van der Waals surface area contributed by atoms with Crippen LogP contribution in [0.5, 0.6) is 5.75 Å². The summed E-state index contributed by atoms with van der Waals surface area (Å²) in [5.74, 6) is 0.218. The van der Waals surface area contributed by atoms with Crippen molar-refractivity contribution in [1.29, 1.82) is 0 Å². The van der Waals surface area contributed by atoms with Gasteiger partial charge in [-0.25, -0.2) is 0 Å². The molecule has 0 saturated heterocycles. The SMILES string of the molecule is CCOCCOc1c(C(=O)NCc2ccco2)sc2c1c(=O)n(CC(=O)c1ccccc1)c1ccccc21. The molecule has 9 heteroatoms. The van der Waals surface area contributed by atoms with Gasteiger partial charge in [-0.3, -0.25) is 19.0 Å². The maximum absolute atomic E-state index is 14.0. The number of ether oxygens (including phenoxy) is 2. The minimum atomic E-state index is -0.393. The largest absolute Gasteiger partial charge is 0.489 e. The average Bonchev–Trinajstić information content (AvgIpc) is 3.61. The first kappa shape index (κ1) is 25.4. The van der Waals surface area contributed by atoms with E-state index in [0.29, 0.717) is 34.8 Å². The third-order valence-electron chi connectivity index (χ3n) is 6.05. The van der Waals surface area contributed by atoms with Gasteiger partial charge in [0.2, 0.25) is 0 Å². The number of furan rings is 1. The van der Waals surface area contributed by atoms with Gasteiger partial charge in [0.1, 0.15) is 22.6 Å². The number of amides is 1. The van der Waals surface area contributed by atoms with Gasteiger partial charge in [-0.15, -0.1) is 11.3 Å². The van der Waals surface area contributed by atoms with Crippen LogP contribution in [0.1, 0.15) is 32.7 Å². The van der Waals surface area contributed by atoms with E-state index in [1.165, 1.54) is 22.2 Å². The van der Waals surface area contributed by atoms with Crippen LogP contribution >= 0.6 is 11.3 Å². The molecule has 0 radical (unpaired) electrons. The lowest BCUT2D eigenvalue weighted by molar-refractivity contribution is 0.0935. The Morgan fingerprint density at radius 1 is 1.00 bits per heavy atom. The molecule has 5 rings (SSSR count). The van der Waals surface area contributed by atoms with E-state index in [2.05, 4.69) is 5.32 Å². The highest BCUT2D eigenvalue weighted by molar-refractivity contribution is 7.22. The number of thiophene rings is 1. The van der Waals surface area contributed by atoms with Crippen LogP contribution in [0.2, 0.25) is 0 Å². The van der Waals surface area contributed by atoms with E-state index < -0.39 is 5.56 Å². The van der Waals surface area contributed by atoms with Gasteiger partial charge in [-0.2, -0.15) is 0 Å². The lowest BCUT2D eigenvalue weighted by atomic mass is 10.1. The van der Waals surface area contributed by atoms with E-state index in [-0.39, 0.29) is 47.4 Å². The van der Waals surface area contributed by atoms with Gasteiger partial charge in [0.15, 0.2) is 11.5 Å². The summed E-state index contributed by atoms with van der Waals surface area (Å²) in [7, 11) is 0. The second kappa shape index (κ2) is 11.5. The predicted molar refractivity (Wildman–Crippen MR) is 146 cm³/mol. The normalized spacial score (nSPS) is 11.2. The van der Waals surface area contributed by atoms with E-state index in [1.807, 2.05) is 31.2 Å². The smallest absolute Gasteiger partial charge is 0.265 e. The Labute approximate surface area is 222 Å². The van der Waals surface area contributed by atoms with Crippen molar-refractivity contribution in [2.75, 3.05) is 19.8 Å². The quantitative estimate of drug-likeness (QED) is 0.190. The molecule has 5 aromatic rings. The van der Waals surface area contributed by atoms with E-state index in [9.17, 15) is 14.4 Å². The number of benzene rings is 2. The number of para-hydroxylation sites is 1. The monoisotopic (exact) mass is 530 g/mol. The van der Waals surface area contributed by atoms with Gasteiger partial charge in [0.05, 0.1) is 36.2 Å². The maximum Gasteiger partial charge on any atom is 0.265 e. The highest BCUT2D eigenvalue weighted by Crippen LogP contribution is 2.39. The first-order chi connectivity index (χ1) is 18.6. The van der Waals surface area contributed by atoms with Crippen LogP contribution in [0.25, 0.3) is 21.0 Å². The molecule has 3 aromatic heterocycles. The van der Waals surface area contributed by atoms with Gasteiger partial charge in [-0.1, -0.05) is 48.5 Å². The van der Waals surface area contributed by atoms with Gasteiger partial charge < -0.3 is 19.2 Å². The molecule has 38 heavy (non-hydrogen) atoms. The zero-order valence-corrected chi connectivity index (χ0v) is 21.6. The highest BCUT2D eigenvalue weighted by Gasteiger charge is 2.26. The number of nitrogens with zero attached hydrogens (tertiary/aromatic N) is 1. The number of nitrogens with one attached hydrogen (secondary N) is 1. The van der Waals surface area contributed by atoms with Crippen LogP contribution in [-0.4, -0.2) is 36.1 Å². The van der Waals surface area contributed by atoms with Crippen LogP contribution < -0.4 is 15.6 Å². The van der Waals surface area contributed by atoms with Crippen LogP contribution in [-0.2, 0) is 17.8 Å². The van der Waals surface area contributed by atoms with Gasteiger partial charge in [-0.05, 0) is 25.1 Å². The molecule has 0 fully saturated rings. The molecule has 3 heterocycles. The summed E-state index contributed by atoms with van der Waals surface area (Å²) in [6.45, 7) is 2.90. The molecule has 1 amide bonds. The molecular formula is C29H26N2O6S. The van der Waals surface area contributed by atoms with Crippen molar-refractivity contribution in [2.45, 2.75) is 20.0 Å². The molecule has 8 nitrogen and oxygen atoms in total. The molecule has 0 aliphatic carbocycles. The number of carbonyl (C=O) groups excluding carboxylic acids is 2. The Morgan fingerprint density at radius 3 is 2.55 bits per heavy atom. The Hall–Kier alpha value is -4.21. The number of carbonyl (C=O) groups is 2. The molecule has 0 bridgehead atoms. The Morgan fingerprint density at radius 2 is 1.79 bits per heavy atom. The number of ketones is 1. The number of pyridine rings is 1. The van der Waals surface area contributed by atoms with Crippen molar-refractivity contribution in [3.63, 3.8) is 0 Å². The zero-order valence-electron chi connectivity index (χ0n) is 20.8. The molecule has 0 atom stereocenters. The van der Waals surface area contributed by atoms with Crippen molar-refractivity contribution in [3.8, 4) is 5.75 Å². The average molecular weight is 531 g/mol.